The summed E-state index contributed by atoms with van der Waals surface area (Å²) >= 11 is 6.00. The zero-order chi connectivity index (χ0) is 14.6. The lowest BCUT2D eigenvalue weighted by molar-refractivity contribution is -0.137. The lowest BCUT2D eigenvalue weighted by Crippen LogP contribution is -2.19. The molecule has 0 unspecified atom stereocenters. The first kappa shape index (κ1) is 15.3. The number of halogens is 1. The molecule has 0 aliphatic rings. The van der Waals surface area contributed by atoms with E-state index < -0.39 is 11.8 Å². The van der Waals surface area contributed by atoms with E-state index in [1.807, 2.05) is 0 Å². The number of rotatable bonds is 5. The molecule has 0 aliphatic carbocycles. The Morgan fingerprint density at radius 2 is 1.79 bits per heavy atom. The quantitative estimate of drug-likeness (QED) is 0.472. The van der Waals surface area contributed by atoms with Crippen molar-refractivity contribution < 1.29 is 23.8 Å². The zero-order valence-corrected chi connectivity index (χ0v) is 12.0. The van der Waals surface area contributed by atoms with E-state index in [0.29, 0.717) is 17.1 Å². The fourth-order valence-corrected chi connectivity index (χ4v) is 1.95. The lowest BCUT2D eigenvalue weighted by Gasteiger charge is -2.14. The molecule has 0 amide bonds. The topological polar surface area (TPSA) is 61.8 Å². The maximum absolute atomic E-state index is 11.9. The van der Waals surface area contributed by atoms with Crippen molar-refractivity contribution in [3.8, 4) is 11.5 Å². The van der Waals surface area contributed by atoms with Gasteiger partial charge in [-0.05, 0) is 19.9 Å². The standard InChI is InChI=1S/C13H15ClO5/c1-5-19-13(16)10(15)8-6-9(14)12(18-4)11(17-3)7(8)2/h6H,5H2,1-4H3. The Labute approximate surface area is 116 Å². The Bertz CT molecular complexity index is 510. The fraction of sp³-hybridized carbons (Fsp3) is 0.385. The lowest BCUT2D eigenvalue weighted by atomic mass is 10.0. The predicted octanol–water partition coefficient (Wildman–Crippen LogP) is 2.41. The fourth-order valence-electron chi connectivity index (χ4n) is 1.68. The molecular weight excluding hydrogens is 272 g/mol. The summed E-state index contributed by atoms with van der Waals surface area (Å²) in [6.45, 7) is 3.40. The number of ketones is 1. The highest BCUT2D eigenvalue weighted by Crippen LogP contribution is 2.39. The SMILES string of the molecule is CCOC(=O)C(=O)c1cc(Cl)c(OC)c(OC)c1C. The number of methoxy groups -OCH3 is 2. The van der Waals surface area contributed by atoms with Crippen molar-refractivity contribution >= 4 is 23.4 Å². The van der Waals surface area contributed by atoms with Crippen LogP contribution >= 0.6 is 11.6 Å². The van der Waals surface area contributed by atoms with Crippen LogP contribution in [0.25, 0.3) is 0 Å². The number of hydrogen-bond acceptors (Lipinski definition) is 5. The van der Waals surface area contributed by atoms with Crippen LogP contribution in [0, 0.1) is 6.92 Å². The van der Waals surface area contributed by atoms with E-state index >= 15 is 0 Å². The molecule has 0 spiro atoms. The van der Waals surface area contributed by atoms with Gasteiger partial charge in [0.15, 0.2) is 11.5 Å². The Balaban J connectivity index is 3.34. The van der Waals surface area contributed by atoms with Gasteiger partial charge in [0.25, 0.3) is 5.78 Å². The minimum absolute atomic E-state index is 0.130. The minimum atomic E-state index is -0.922. The van der Waals surface area contributed by atoms with Gasteiger partial charge in [-0.3, -0.25) is 4.79 Å². The second-order valence-corrected chi connectivity index (χ2v) is 4.05. The molecule has 0 saturated carbocycles. The molecule has 1 aromatic rings. The highest BCUT2D eigenvalue weighted by atomic mass is 35.5. The molecule has 1 rings (SSSR count). The molecule has 19 heavy (non-hydrogen) atoms. The zero-order valence-electron chi connectivity index (χ0n) is 11.2. The van der Waals surface area contributed by atoms with Crippen molar-refractivity contribution in [2.24, 2.45) is 0 Å². The minimum Gasteiger partial charge on any atom is -0.493 e. The summed E-state index contributed by atoms with van der Waals surface area (Å²) in [5.41, 5.74) is 0.614. The van der Waals surface area contributed by atoms with Crippen molar-refractivity contribution in [1.82, 2.24) is 0 Å². The highest BCUT2D eigenvalue weighted by Gasteiger charge is 2.25. The average molecular weight is 287 g/mol. The number of carbonyl (C=O) groups is 2. The van der Waals surface area contributed by atoms with Crippen molar-refractivity contribution in [2.75, 3.05) is 20.8 Å². The Morgan fingerprint density at radius 1 is 1.21 bits per heavy atom. The van der Waals surface area contributed by atoms with Crippen LogP contribution in [-0.2, 0) is 9.53 Å². The molecule has 5 nitrogen and oxygen atoms in total. The third kappa shape index (κ3) is 2.98. The highest BCUT2D eigenvalue weighted by molar-refractivity contribution is 6.42. The molecule has 0 bridgehead atoms. The first-order chi connectivity index (χ1) is 8.97. The molecule has 0 N–H and O–H groups in total. The van der Waals surface area contributed by atoms with Crippen LogP contribution in [0.15, 0.2) is 6.07 Å². The number of esters is 1. The van der Waals surface area contributed by atoms with Crippen LogP contribution in [0.5, 0.6) is 11.5 Å². The van der Waals surface area contributed by atoms with E-state index in [2.05, 4.69) is 4.74 Å². The third-order valence-electron chi connectivity index (χ3n) is 2.55. The second-order valence-electron chi connectivity index (χ2n) is 3.65. The van der Waals surface area contributed by atoms with E-state index in [1.165, 1.54) is 20.3 Å². The van der Waals surface area contributed by atoms with Gasteiger partial charge >= 0.3 is 5.97 Å². The van der Waals surface area contributed by atoms with Gasteiger partial charge in [-0.2, -0.15) is 0 Å². The molecular formula is C13H15ClO5. The van der Waals surface area contributed by atoms with E-state index in [4.69, 9.17) is 21.1 Å². The van der Waals surface area contributed by atoms with Gasteiger partial charge in [0.1, 0.15) is 0 Å². The maximum atomic E-state index is 11.9. The van der Waals surface area contributed by atoms with Gasteiger partial charge in [0.2, 0.25) is 0 Å². The van der Waals surface area contributed by atoms with E-state index in [9.17, 15) is 9.59 Å². The van der Waals surface area contributed by atoms with Gasteiger partial charge in [-0.15, -0.1) is 0 Å². The van der Waals surface area contributed by atoms with Crippen LogP contribution in [-0.4, -0.2) is 32.6 Å². The Hall–Kier alpha value is -1.75. The normalized spacial score (nSPS) is 9.95. The van der Waals surface area contributed by atoms with Crippen molar-refractivity contribution in [3.63, 3.8) is 0 Å². The first-order valence-electron chi connectivity index (χ1n) is 5.60. The maximum Gasteiger partial charge on any atom is 0.379 e. The summed E-state index contributed by atoms with van der Waals surface area (Å²) in [6.07, 6.45) is 0. The molecule has 0 fully saturated rings. The van der Waals surface area contributed by atoms with Crippen LogP contribution < -0.4 is 9.47 Å². The molecule has 0 atom stereocenters. The Kier molecular flexibility index (Phi) is 5.18. The average Bonchev–Trinajstić information content (AvgIpc) is 2.39. The molecule has 0 saturated heterocycles. The Morgan fingerprint density at radius 3 is 2.26 bits per heavy atom. The van der Waals surface area contributed by atoms with Gasteiger partial charge in [0.05, 0.1) is 25.8 Å². The third-order valence-corrected chi connectivity index (χ3v) is 2.83. The molecule has 6 heteroatoms. The van der Waals surface area contributed by atoms with Crippen molar-refractivity contribution in [3.05, 3.63) is 22.2 Å². The van der Waals surface area contributed by atoms with Crippen LogP contribution in [0.2, 0.25) is 5.02 Å². The van der Waals surface area contributed by atoms with Crippen LogP contribution in [0.4, 0.5) is 0 Å². The van der Waals surface area contributed by atoms with Crippen molar-refractivity contribution in [2.45, 2.75) is 13.8 Å². The number of carbonyl (C=O) groups excluding carboxylic acids is 2. The molecule has 104 valence electrons. The molecule has 1 aromatic carbocycles. The van der Waals surface area contributed by atoms with E-state index in [0.717, 1.165) is 0 Å². The predicted molar refractivity (Wildman–Crippen MR) is 70.3 cm³/mol. The molecule has 0 aromatic heterocycles. The summed E-state index contributed by atoms with van der Waals surface area (Å²) in [5.74, 6) is -1.04. The van der Waals surface area contributed by atoms with Gasteiger partial charge in [-0.25, -0.2) is 4.79 Å². The molecule has 0 radical (unpaired) electrons. The number of hydrogen-bond donors (Lipinski definition) is 0. The summed E-state index contributed by atoms with van der Waals surface area (Å²) in [5, 5.41) is 0.192. The summed E-state index contributed by atoms with van der Waals surface area (Å²) in [6, 6.07) is 1.37. The van der Waals surface area contributed by atoms with Gasteiger partial charge < -0.3 is 14.2 Å². The monoisotopic (exact) mass is 286 g/mol. The molecule has 0 heterocycles. The molecule has 0 aliphatic heterocycles. The van der Waals surface area contributed by atoms with Crippen molar-refractivity contribution in [1.29, 1.82) is 0 Å². The first-order valence-corrected chi connectivity index (χ1v) is 5.98. The number of benzene rings is 1. The number of ether oxygens (including phenoxy) is 3. The number of Topliss-reactive ketones (excluding diaryl/α,β-unsaturated/α-hetero) is 1. The summed E-state index contributed by atoms with van der Waals surface area (Å²) in [4.78, 5) is 23.4. The van der Waals surface area contributed by atoms with E-state index in [-0.39, 0.29) is 17.2 Å². The summed E-state index contributed by atoms with van der Waals surface area (Å²) in [7, 11) is 2.87. The van der Waals surface area contributed by atoms with Gasteiger partial charge in [0, 0.05) is 11.1 Å². The van der Waals surface area contributed by atoms with E-state index in [1.54, 1.807) is 13.8 Å². The smallest absolute Gasteiger partial charge is 0.379 e. The summed E-state index contributed by atoms with van der Waals surface area (Å²) < 4.78 is 15.0. The van der Waals surface area contributed by atoms with Gasteiger partial charge in [-0.1, -0.05) is 11.6 Å². The largest absolute Gasteiger partial charge is 0.493 e. The van der Waals surface area contributed by atoms with Crippen LogP contribution in [0.1, 0.15) is 22.8 Å². The second kappa shape index (κ2) is 6.43. The van der Waals surface area contributed by atoms with Crippen LogP contribution in [0.3, 0.4) is 0 Å².